The summed E-state index contributed by atoms with van der Waals surface area (Å²) in [6.07, 6.45) is 0.332. The zero-order valence-electron chi connectivity index (χ0n) is 18.4. The Morgan fingerprint density at radius 2 is 1.94 bits per heavy atom. The van der Waals surface area contributed by atoms with Crippen LogP contribution in [0.2, 0.25) is 0 Å². The van der Waals surface area contributed by atoms with Gasteiger partial charge in [0.05, 0.1) is 17.8 Å². The molecule has 0 fully saturated rings. The number of nitrogens with zero attached hydrogens (tertiary/aromatic N) is 2. The number of amides is 2. The van der Waals surface area contributed by atoms with E-state index >= 15 is 0 Å². The van der Waals surface area contributed by atoms with Gasteiger partial charge in [-0.25, -0.2) is 22.0 Å². The minimum Gasteiger partial charge on any atom is -0.453 e. The summed E-state index contributed by atoms with van der Waals surface area (Å²) >= 11 is 0.580. The number of carbonyl (C=O) groups is 3. The smallest absolute Gasteiger partial charge is 0.303 e. The van der Waals surface area contributed by atoms with Gasteiger partial charge in [0.25, 0.3) is 5.91 Å². The van der Waals surface area contributed by atoms with Crippen LogP contribution >= 0.6 is 11.8 Å². The highest BCUT2D eigenvalue weighted by Crippen LogP contribution is 2.48. The van der Waals surface area contributed by atoms with Crippen molar-refractivity contribution in [3.05, 3.63) is 20.1 Å². The summed E-state index contributed by atoms with van der Waals surface area (Å²) in [6, 6.07) is -0.939. The molecular formula is C18H27N3O8S3. The molecule has 2 aliphatic heterocycles. The van der Waals surface area contributed by atoms with Crippen LogP contribution in [0.15, 0.2) is 20.1 Å². The summed E-state index contributed by atoms with van der Waals surface area (Å²) in [4.78, 5) is 38.9. The van der Waals surface area contributed by atoms with Crippen LogP contribution in [0.4, 0.5) is 0 Å². The molecule has 0 saturated carbocycles. The largest absolute Gasteiger partial charge is 0.453 e. The van der Waals surface area contributed by atoms with E-state index in [0.29, 0.717) is 17.3 Å². The van der Waals surface area contributed by atoms with E-state index in [4.69, 9.17) is 9.88 Å². The van der Waals surface area contributed by atoms with E-state index in [9.17, 15) is 31.2 Å². The number of thioether (sulfide) groups is 1. The number of ether oxygens (including phenoxy) is 1. The first-order chi connectivity index (χ1) is 14.6. The summed E-state index contributed by atoms with van der Waals surface area (Å²) in [5, 5.41) is 4.49. The Balaban J connectivity index is 2.37. The number of likely N-dealkylation sites (N-methyl/N-ethyl adjacent to an activating group) is 2. The Morgan fingerprint density at radius 3 is 2.44 bits per heavy atom. The highest BCUT2D eigenvalue weighted by atomic mass is 32.3. The fourth-order valence-electron chi connectivity index (χ4n) is 3.53. The SMILES string of the molecule is CCN(C(=O)CN(C)C(=O)[C@H](C)OC(C)=O)[C@H]1C=C(S(N)(=O)=O)SC2=C1C[C@H](C)S2(=O)=O. The zero-order chi connectivity index (χ0) is 24.6. The summed E-state index contributed by atoms with van der Waals surface area (Å²) in [7, 11) is -6.60. The van der Waals surface area contributed by atoms with Gasteiger partial charge in [0, 0.05) is 20.5 Å². The summed E-state index contributed by atoms with van der Waals surface area (Å²) in [5.74, 6) is -1.78. The van der Waals surface area contributed by atoms with Crippen LogP contribution in [0.5, 0.6) is 0 Å². The Hall–Kier alpha value is -1.90. The second-order valence-corrected chi connectivity index (χ2v) is 13.0. The lowest BCUT2D eigenvalue weighted by Gasteiger charge is -2.34. The molecule has 2 heterocycles. The van der Waals surface area contributed by atoms with Gasteiger partial charge >= 0.3 is 5.97 Å². The van der Waals surface area contributed by atoms with E-state index in [1.54, 1.807) is 6.92 Å². The highest BCUT2D eigenvalue weighted by Gasteiger charge is 2.45. The number of hydrogen-bond acceptors (Lipinski definition) is 9. The van der Waals surface area contributed by atoms with Crippen molar-refractivity contribution in [1.29, 1.82) is 0 Å². The molecule has 11 nitrogen and oxygen atoms in total. The first kappa shape index (κ1) is 26.4. The van der Waals surface area contributed by atoms with Gasteiger partial charge in [-0.1, -0.05) is 11.8 Å². The molecule has 0 radical (unpaired) electrons. The lowest BCUT2D eigenvalue weighted by Crippen LogP contribution is -2.48. The van der Waals surface area contributed by atoms with Crippen LogP contribution in [-0.2, 0) is 39.0 Å². The molecule has 2 aliphatic rings. The lowest BCUT2D eigenvalue weighted by atomic mass is 10.0. The monoisotopic (exact) mass is 509 g/mol. The van der Waals surface area contributed by atoms with E-state index in [1.807, 2.05) is 0 Å². The van der Waals surface area contributed by atoms with Crippen LogP contribution in [0.1, 0.15) is 34.1 Å². The minimum absolute atomic E-state index is 0.0966. The average molecular weight is 510 g/mol. The second kappa shape index (κ2) is 9.53. The van der Waals surface area contributed by atoms with E-state index in [0.717, 1.165) is 11.8 Å². The normalized spacial score (nSPS) is 23.1. The van der Waals surface area contributed by atoms with Gasteiger partial charge in [-0.05, 0) is 38.8 Å². The molecule has 0 aromatic rings. The summed E-state index contributed by atoms with van der Waals surface area (Å²) in [6.45, 7) is 5.44. The van der Waals surface area contributed by atoms with Gasteiger partial charge in [0.1, 0.15) is 8.47 Å². The molecule has 0 aromatic heterocycles. The van der Waals surface area contributed by atoms with Crippen LogP contribution in [0.3, 0.4) is 0 Å². The third-order valence-electron chi connectivity index (χ3n) is 5.12. The molecule has 2 rings (SSSR count). The number of rotatable bonds is 7. The fraction of sp³-hybridized carbons (Fsp3) is 0.611. The quantitative estimate of drug-likeness (QED) is 0.462. The third-order valence-corrected chi connectivity index (χ3v) is 10.5. The Bertz CT molecular complexity index is 1090. The molecule has 2 N–H and O–H groups in total. The number of sulfone groups is 1. The predicted molar refractivity (Wildman–Crippen MR) is 119 cm³/mol. The van der Waals surface area contributed by atoms with Gasteiger partial charge in [-0.15, -0.1) is 0 Å². The summed E-state index contributed by atoms with van der Waals surface area (Å²) in [5.41, 5.74) is 0.423. The van der Waals surface area contributed by atoms with Crippen molar-refractivity contribution < 1.29 is 36.0 Å². The maximum Gasteiger partial charge on any atom is 0.303 e. The number of primary sulfonamides is 1. The van der Waals surface area contributed by atoms with E-state index in [1.165, 1.54) is 31.9 Å². The number of hydrogen-bond donors (Lipinski definition) is 1. The fourth-order valence-corrected chi connectivity index (χ4v) is 8.00. The molecular weight excluding hydrogens is 482 g/mol. The first-order valence-electron chi connectivity index (χ1n) is 9.72. The Kier molecular flexibility index (Phi) is 7.85. The van der Waals surface area contributed by atoms with Crippen molar-refractivity contribution in [2.24, 2.45) is 5.14 Å². The molecule has 180 valence electrons. The van der Waals surface area contributed by atoms with Crippen LogP contribution in [0.25, 0.3) is 0 Å². The van der Waals surface area contributed by atoms with Crippen molar-refractivity contribution in [3.8, 4) is 0 Å². The molecule has 0 bridgehead atoms. The van der Waals surface area contributed by atoms with Gasteiger partial charge in [0.15, 0.2) is 15.9 Å². The molecule has 3 atom stereocenters. The number of nitrogens with two attached hydrogens (primary N) is 1. The molecule has 14 heteroatoms. The van der Waals surface area contributed by atoms with Crippen molar-refractivity contribution in [3.63, 3.8) is 0 Å². The van der Waals surface area contributed by atoms with Crippen molar-refractivity contribution >= 4 is 49.4 Å². The van der Waals surface area contributed by atoms with Crippen molar-refractivity contribution in [2.45, 2.75) is 51.5 Å². The van der Waals surface area contributed by atoms with Gasteiger partial charge in [0.2, 0.25) is 15.9 Å². The van der Waals surface area contributed by atoms with Crippen LogP contribution in [-0.4, -0.2) is 82.0 Å². The Labute approximate surface area is 192 Å². The Morgan fingerprint density at radius 1 is 1.34 bits per heavy atom. The number of carbonyl (C=O) groups excluding carboxylic acids is 3. The van der Waals surface area contributed by atoms with E-state index in [2.05, 4.69) is 0 Å². The lowest BCUT2D eigenvalue weighted by molar-refractivity contribution is -0.157. The zero-order valence-corrected chi connectivity index (χ0v) is 20.8. The third kappa shape index (κ3) is 5.35. The summed E-state index contributed by atoms with van der Waals surface area (Å²) < 4.78 is 53.8. The molecule has 32 heavy (non-hydrogen) atoms. The van der Waals surface area contributed by atoms with Gasteiger partial charge in [-0.2, -0.15) is 0 Å². The molecule has 2 amide bonds. The molecule has 0 unspecified atom stereocenters. The molecule has 0 aliphatic carbocycles. The second-order valence-electron chi connectivity index (χ2n) is 7.58. The van der Waals surface area contributed by atoms with Crippen LogP contribution in [0, 0.1) is 0 Å². The molecule has 0 spiro atoms. The highest BCUT2D eigenvalue weighted by molar-refractivity contribution is 8.27. The standard InChI is InChI=1S/C18H27N3O8S3/c1-6-21(15(23)9-20(5)17(24)11(3)29-12(4)22)14-8-16(32(19,27)28)30-18-13(14)7-10(2)31(18,25)26/h8,10-11,14H,6-7,9H2,1-5H3,(H2,19,27,28)/t10-,11-,14-/m0/s1. The van der Waals surface area contributed by atoms with E-state index in [-0.39, 0.29) is 28.0 Å². The average Bonchev–Trinajstić information content (AvgIpc) is 2.89. The van der Waals surface area contributed by atoms with Crippen molar-refractivity contribution in [2.75, 3.05) is 20.1 Å². The molecule has 0 aromatic carbocycles. The van der Waals surface area contributed by atoms with Gasteiger partial charge < -0.3 is 14.5 Å². The van der Waals surface area contributed by atoms with Gasteiger partial charge in [-0.3, -0.25) is 14.4 Å². The predicted octanol–water partition coefficient (Wildman–Crippen LogP) is -0.0912. The maximum atomic E-state index is 13.1. The first-order valence-corrected chi connectivity index (χ1v) is 13.6. The number of sulfonamides is 1. The topological polar surface area (TPSA) is 161 Å². The van der Waals surface area contributed by atoms with Crippen LogP contribution < -0.4 is 5.14 Å². The number of esters is 1. The minimum atomic E-state index is -4.22. The molecule has 0 saturated heterocycles. The maximum absolute atomic E-state index is 13.1. The van der Waals surface area contributed by atoms with E-state index < -0.39 is 55.0 Å². The van der Waals surface area contributed by atoms with Crippen molar-refractivity contribution in [1.82, 2.24) is 9.80 Å².